The third-order valence-corrected chi connectivity index (χ3v) is 5.70. The Hall–Kier alpha value is -2.88. The van der Waals surface area contributed by atoms with Crippen LogP contribution in [0.2, 0.25) is 0 Å². The Labute approximate surface area is 165 Å². The van der Waals surface area contributed by atoms with E-state index in [-0.39, 0.29) is 11.5 Å². The molecule has 4 heteroatoms. The summed E-state index contributed by atoms with van der Waals surface area (Å²) in [6.07, 6.45) is 1.73. The number of amides is 1. The number of pyridine rings is 1. The first-order valence-electron chi connectivity index (χ1n) is 10.0. The van der Waals surface area contributed by atoms with Gasteiger partial charge in [0.2, 0.25) is 5.91 Å². The van der Waals surface area contributed by atoms with Gasteiger partial charge in [-0.3, -0.25) is 9.59 Å². The summed E-state index contributed by atoms with van der Waals surface area (Å²) in [6.45, 7) is 5.73. The molecule has 0 aliphatic carbocycles. The maximum absolute atomic E-state index is 12.7. The third-order valence-electron chi connectivity index (χ3n) is 5.70. The van der Waals surface area contributed by atoms with Crippen molar-refractivity contribution in [2.45, 2.75) is 45.6 Å². The molecule has 1 N–H and O–H groups in total. The highest BCUT2D eigenvalue weighted by Gasteiger charge is 2.20. The van der Waals surface area contributed by atoms with E-state index in [2.05, 4.69) is 43.1 Å². The van der Waals surface area contributed by atoms with Crippen LogP contribution in [0.4, 0.5) is 0 Å². The van der Waals surface area contributed by atoms with E-state index in [1.165, 1.54) is 16.7 Å². The molecule has 2 heterocycles. The van der Waals surface area contributed by atoms with Gasteiger partial charge in [-0.25, -0.2) is 0 Å². The number of nitrogens with one attached hydrogen (secondary N) is 1. The lowest BCUT2D eigenvalue weighted by Gasteiger charge is -2.29. The van der Waals surface area contributed by atoms with Gasteiger partial charge in [-0.05, 0) is 59.0 Å². The van der Waals surface area contributed by atoms with Crippen LogP contribution >= 0.6 is 0 Å². The molecule has 1 aliphatic rings. The van der Waals surface area contributed by atoms with Crippen molar-refractivity contribution >= 4 is 16.8 Å². The average Bonchev–Trinajstić information content (AvgIpc) is 2.71. The molecule has 4 rings (SSSR count). The average molecular weight is 374 g/mol. The van der Waals surface area contributed by atoms with Crippen molar-refractivity contribution in [1.29, 1.82) is 0 Å². The number of aromatic nitrogens is 1. The number of hydrogen-bond acceptors (Lipinski definition) is 2. The summed E-state index contributed by atoms with van der Waals surface area (Å²) in [7, 11) is 0. The fourth-order valence-electron chi connectivity index (χ4n) is 3.92. The van der Waals surface area contributed by atoms with E-state index in [1.807, 2.05) is 29.2 Å². The summed E-state index contributed by atoms with van der Waals surface area (Å²) in [5.74, 6) is 0.549. The number of benzene rings is 2. The Morgan fingerprint density at radius 1 is 1.11 bits per heavy atom. The number of aromatic amines is 1. The van der Waals surface area contributed by atoms with Crippen LogP contribution in [-0.4, -0.2) is 22.3 Å². The van der Waals surface area contributed by atoms with E-state index in [1.54, 1.807) is 0 Å². The molecule has 4 nitrogen and oxygen atoms in total. The van der Waals surface area contributed by atoms with Gasteiger partial charge in [0.05, 0.1) is 0 Å². The summed E-state index contributed by atoms with van der Waals surface area (Å²) < 4.78 is 0. The van der Waals surface area contributed by atoms with Crippen LogP contribution in [0.15, 0.2) is 53.3 Å². The topological polar surface area (TPSA) is 53.2 Å². The maximum atomic E-state index is 12.7. The SMILES string of the molecule is CC(C)c1ccc2[nH]c(=O)c(CCC(=O)N3CCc4ccccc4C3)cc2c1. The smallest absolute Gasteiger partial charge is 0.251 e. The summed E-state index contributed by atoms with van der Waals surface area (Å²) in [4.78, 5) is 30.0. The highest BCUT2D eigenvalue weighted by Crippen LogP contribution is 2.21. The van der Waals surface area contributed by atoms with Crippen LogP contribution in [0.3, 0.4) is 0 Å². The molecule has 0 radical (unpaired) electrons. The molecule has 2 aromatic carbocycles. The van der Waals surface area contributed by atoms with E-state index in [0.29, 0.717) is 30.9 Å². The summed E-state index contributed by atoms with van der Waals surface area (Å²) in [5, 5.41) is 1.03. The van der Waals surface area contributed by atoms with Crippen molar-refractivity contribution in [3.8, 4) is 0 Å². The second-order valence-corrected chi connectivity index (χ2v) is 7.96. The molecule has 0 saturated carbocycles. The fourth-order valence-corrected chi connectivity index (χ4v) is 3.92. The number of carbonyl (C=O) groups excluding carboxylic acids is 1. The lowest BCUT2D eigenvalue weighted by Crippen LogP contribution is -2.36. The molecule has 0 saturated heterocycles. The number of H-pyrrole nitrogens is 1. The van der Waals surface area contributed by atoms with Gasteiger partial charge in [0, 0.05) is 30.6 Å². The van der Waals surface area contributed by atoms with Gasteiger partial charge < -0.3 is 9.88 Å². The molecular formula is C24H26N2O2. The van der Waals surface area contributed by atoms with E-state index in [0.717, 1.165) is 23.9 Å². The fraction of sp³-hybridized carbons (Fsp3) is 0.333. The van der Waals surface area contributed by atoms with Crippen LogP contribution < -0.4 is 5.56 Å². The number of fused-ring (bicyclic) bond motifs is 2. The number of aryl methyl sites for hydroxylation is 1. The van der Waals surface area contributed by atoms with Crippen molar-refractivity contribution in [2.75, 3.05) is 6.54 Å². The molecule has 1 aliphatic heterocycles. The summed E-state index contributed by atoms with van der Waals surface area (Å²) in [6, 6.07) is 16.4. The van der Waals surface area contributed by atoms with Gasteiger partial charge >= 0.3 is 0 Å². The number of rotatable bonds is 4. The van der Waals surface area contributed by atoms with Gasteiger partial charge in [0.25, 0.3) is 5.56 Å². The van der Waals surface area contributed by atoms with Gasteiger partial charge in [-0.15, -0.1) is 0 Å². The lowest BCUT2D eigenvalue weighted by molar-refractivity contribution is -0.132. The Morgan fingerprint density at radius 2 is 1.89 bits per heavy atom. The van der Waals surface area contributed by atoms with E-state index < -0.39 is 0 Å². The van der Waals surface area contributed by atoms with Crippen molar-refractivity contribution < 1.29 is 4.79 Å². The molecule has 0 spiro atoms. The maximum Gasteiger partial charge on any atom is 0.251 e. The van der Waals surface area contributed by atoms with Crippen molar-refractivity contribution in [1.82, 2.24) is 9.88 Å². The van der Waals surface area contributed by atoms with Crippen LogP contribution in [0.25, 0.3) is 10.9 Å². The first-order chi connectivity index (χ1) is 13.5. The predicted octanol–water partition coefficient (Wildman–Crippen LogP) is 4.17. The lowest BCUT2D eigenvalue weighted by atomic mass is 9.99. The van der Waals surface area contributed by atoms with E-state index in [4.69, 9.17) is 0 Å². The van der Waals surface area contributed by atoms with Crippen molar-refractivity contribution in [3.63, 3.8) is 0 Å². The van der Waals surface area contributed by atoms with Gasteiger partial charge in [-0.2, -0.15) is 0 Å². The Bertz CT molecular complexity index is 1080. The second kappa shape index (κ2) is 7.63. The first-order valence-corrected chi connectivity index (χ1v) is 10.0. The molecule has 0 unspecified atom stereocenters. The highest BCUT2D eigenvalue weighted by atomic mass is 16.2. The Kier molecular flexibility index (Phi) is 5.03. The van der Waals surface area contributed by atoms with Crippen LogP contribution in [-0.2, 0) is 24.2 Å². The van der Waals surface area contributed by atoms with Gasteiger partial charge in [0.15, 0.2) is 0 Å². The van der Waals surface area contributed by atoms with Crippen LogP contribution in [0.5, 0.6) is 0 Å². The number of nitrogens with zero attached hydrogens (tertiary/aromatic N) is 1. The molecule has 3 aromatic rings. The first kappa shape index (κ1) is 18.5. The molecular weight excluding hydrogens is 348 g/mol. The Balaban J connectivity index is 1.48. The van der Waals surface area contributed by atoms with E-state index in [9.17, 15) is 9.59 Å². The third kappa shape index (κ3) is 3.72. The molecule has 0 bridgehead atoms. The largest absolute Gasteiger partial charge is 0.338 e. The van der Waals surface area contributed by atoms with E-state index >= 15 is 0 Å². The highest BCUT2D eigenvalue weighted by molar-refractivity contribution is 5.80. The predicted molar refractivity (Wildman–Crippen MR) is 113 cm³/mol. The van der Waals surface area contributed by atoms with Crippen LogP contribution in [0, 0.1) is 0 Å². The minimum atomic E-state index is -0.0958. The molecule has 144 valence electrons. The molecule has 0 atom stereocenters. The summed E-state index contributed by atoms with van der Waals surface area (Å²) in [5.41, 5.74) is 5.23. The van der Waals surface area contributed by atoms with Crippen LogP contribution in [0.1, 0.15) is 48.4 Å². The number of hydrogen-bond donors (Lipinski definition) is 1. The normalized spacial score (nSPS) is 13.8. The minimum absolute atomic E-state index is 0.0958. The zero-order valence-electron chi connectivity index (χ0n) is 16.5. The monoisotopic (exact) mass is 374 g/mol. The second-order valence-electron chi connectivity index (χ2n) is 7.96. The molecule has 1 aromatic heterocycles. The van der Waals surface area contributed by atoms with Crippen molar-refractivity contribution in [3.05, 3.63) is 81.1 Å². The zero-order valence-corrected chi connectivity index (χ0v) is 16.5. The molecule has 1 amide bonds. The minimum Gasteiger partial charge on any atom is -0.338 e. The Morgan fingerprint density at radius 3 is 2.68 bits per heavy atom. The quantitative estimate of drug-likeness (QED) is 0.745. The van der Waals surface area contributed by atoms with Crippen molar-refractivity contribution in [2.24, 2.45) is 0 Å². The molecule has 0 fully saturated rings. The molecule has 28 heavy (non-hydrogen) atoms. The standard InChI is InChI=1S/C24H26N2O2/c1-16(2)18-7-9-22-21(13-18)14-19(24(28)25-22)8-10-23(27)26-12-11-17-5-3-4-6-20(17)15-26/h3-7,9,13-14,16H,8,10-12,15H2,1-2H3,(H,25,28). The summed E-state index contributed by atoms with van der Waals surface area (Å²) >= 11 is 0. The van der Waals surface area contributed by atoms with Gasteiger partial charge in [0.1, 0.15) is 0 Å². The zero-order chi connectivity index (χ0) is 19.7. The number of carbonyl (C=O) groups is 1. The van der Waals surface area contributed by atoms with Gasteiger partial charge in [-0.1, -0.05) is 44.2 Å².